The Balaban J connectivity index is 1.59. The third-order valence-electron chi connectivity index (χ3n) is 6.54. The van der Waals surface area contributed by atoms with Crippen LogP contribution in [0.4, 0.5) is 0 Å². The Morgan fingerprint density at radius 2 is 1.17 bits per heavy atom. The lowest BCUT2D eigenvalue weighted by atomic mass is 9.88. The van der Waals surface area contributed by atoms with Crippen molar-refractivity contribution in [3.8, 4) is 44.9 Å². The maximum absolute atomic E-state index is 9.86. The van der Waals surface area contributed by atoms with E-state index in [9.17, 15) is 10.2 Å². The molecule has 0 radical (unpaired) electrons. The van der Waals surface area contributed by atoms with Gasteiger partial charge in [0.15, 0.2) is 12.6 Å². The van der Waals surface area contributed by atoms with Crippen molar-refractivity contribution in [3.63, 3.8) is 0 Å². The zero-order chi connectivity index (χ0) is 24.4. The Morgan fingerprint density at radius 1 is 0.629 bits per heavy atom. The molecule has 2 N–H and O–H groups in total. The van der Waals surface area contributed by atoms with E-state index in [1.807, 2.05) is 50.2 Å². The maximum Gasteiger partial charge on any atom is 0.197 e. The van der Waals surface area contributed by atoms with Crippen molar-refractivity contribution in [2.75, 3.05) is 0 Å². The predicted molar refractivity (Wildman–Crippen MR) is 139 cm³/mol. The predicted octanol–water partition coefficient (Wildman–Crippen LogP) is 6.81. The minimum Gasteiger partial charge on any atom is -0.465 e. The molecule has 0 fully saturated rings. The highest BCUT2D eigenvalue weighted by Gasteiger charge is 2.24. The molecule has 4 nitrogen and oxygen atoms in total. The van der Waals surface area contributed by atoms with Gasteiger partial charge in [0.25, 0.3) is 0 Å². The van der Waals surface area contributed by atoms with Gasteiger partial charge in [0, 0.05) is 12.8 Å². The van der Waals surface area contributed by atoms with Gasteiger partial charge in [-0.3, -0.25) is 0 Å². The molecular formula is C31H30O4. The van der Waals surface area contributed by atoms with E-state index < -0.39 is 12.6 Å². The van der Waals surface area contributed by atoms with E-state index in [0.717, 1.165) is 23.1 Å². The highest BCUT2D eigenvalue weighted by molar-refractivity contribution is 5.93. The molecule has 5 rings (SSSR count). The standard InChI is InChI=1S/C31H30O4/c1-3-29(32)34-23-13-9-20(10-14-23)26-17-18-27-25-8-6-5-7-22(25)19-28(27)31(26)21-11-15-24(16-12-21)35-30(33)4-2/h5-18,29-30,32-33H,3-4,19H2,1-2H3. The van der Waals surface area contributed by atoms with Crippen LogP contribution in [0, 0.1) is 0 Å². The number of hydrogen-bond donors (Lipinski definition) is 2. The monoisotopic (exact) mass is 466 g/mol. The van der Waals surface area contributed by atoms with Crippen molar-refractivity contribution < 1.29 is 19.7 Å². The summed E-state index contributed by atoms with van der Waals surface area (Å²) in [5.74, 6) is 1.30. The number of fused-ring (bicyclic) bond motifs is 3. The summed E-state index contributed by atoms with van der Waals surface area (Å²) < 4.78 is 11.1. The first-order valence-corrected chi connectivity index (χ1v) is 12.2. The van der Waals surface area contributed by atoms with Crippen LogP contribution in [0.2, 0.25) is 0 Å². The number of ether oxygens (including phenoxy) is 2. The highest BCUT2D eigenvalue weighted by Crippen LogP contribution is 2.46. The van der Waals surface area contributed by atoms with E-state index in [-0.39, 0.29) is 0 Å². The van der Waals surface area contributed by atoms with E-state index in [1.165, 1.54) is 27.8 Å². The van der Waals surface area contributed by atoms with E-state index in [1.54, 1.807) is 0 Å². The third kappa shape index (κ3) is 4.68. The average molecular weight is 467 g/mol. The van der Waals surface area contributed by atoms with Gasteiger partial charge in [0.1, 0.15) is 11.5 Å². The van der Waals surface area contributed by atoms with E-state index >= 15 is 0 Å². The van der Waals surface area contributed by atoms with E-state index in [0.29, 0.717) is 24.3 Å². The zero-order valence-corrected chi connectivity index (χ0v) is 20.1. The van der Waals surface area contributed by atoms with Gasteiger partial charge < -0.3 is 19.7 Å². The molecule has 4 aromatic carbocycles. The summed E-state index contributed by atoms with van der Waals surface area (Å²) in [4.78, 5) is 0. The first kappa shape index (κ1) is 23.2. The topological polar surface area (TPSA) is 58.9 Å². The van der Waals surface area contributed by atoms with Gasteiger partial charge in [-0.2, -0.15) is 0 Å². The smallest absolute Gasteiger partial charge is 0.197 e. The molecule has 1 aliphatic carbocycles. The highest BCUT2D eigenvalue weighted by atomic mass is 16.6. The molecule has 4 heteroatoms. The first-order valence-electron chi connectivity index (χ1n) is 12.2. The van der Waals surface area contributed by atoms with Gasteiger partial charge in [-0.25, -0.2) is 0 Å². The summed E-state index contributed by atoms with van der Waals surface area (Å²) in [6, 6.07) is 28.9. The summed E-state index contributed by atoms with van der Waals surface area (Å²) in [6.45, 7) is 3.77. The second-order valence-electron chi connectivity index (χ2n) is 8.86. The van der Waals surface area contributed by atoms with Crippen LogP contribution in [0.25, 0.3) is 33.4 Å². The molecule has 0 spiro atoms. The fraction of sp³-hybridized carbons (Fsp3) is 0.226. The minimum atomic E-state index is -0.807. The molecule has 35 heavy (non-hydrogen) atoms. The largest absolute Gasteiger partial charge is 0.465 e. The van der Waals surface area contributed by atoms with Gasteiger partial charge in [-0.15, -0.1) is 0 Å². The van der Waals surface area contributed by atoms with Gasteiger partial charge in [-0.05, 0) is 75.2 Å². The van der Waals surface area contributed by atoms with Gasteiger partial charge in [-0.1, -0.05) is 74.5 Å². The third-order valence-corrected chi connectivity index (χ3v) is 6.54. The number of aliphatic hydroxyl groups excluding tert-OH is 2. The second kappa shape index (κ2) is 9.95. The zero-order valence-electron chi connectivity index (χ0n) is 20.1. The molecule has 2 unspecified atom stereocenters. The number of hydrogen-bond acceptors (Lipinski definition) is 4. The van der Waals surface area contributed by atoms with Gasteiger partial charge >= 0.3 is 0 Å². The summed E-state index contributed by atoms with van der Waals surface area (Å²) in [5, 5.41) is 19.7. The van der Waals surface area contributed by atoms with Crippen molar-refractivity contribution in [1.82, 2.24) is 0 Å². The molecule has 0 heterocycles. The molecule has 0 bridgehead atoms. The Bertz CT molecular complexity index is 1310. The molecule has 2 atom stereocenters. The molecule has 0 aromatic heterocycles. The lowest BCUT2D eigenvalue weighted by Gasteiger charge is -2.18. The normalized spacial score (nSPS) is 13.6. The quantitative estimate of drug-likeness (QED) is 0.247. The van der Waals surface area contributed by atoms with E-state index in [2.05, 4.69) is 48.5 Å². The second-order valence-corrected chi connectivity index (χ2v) is 8.86. The molecule has 0 saturated carbocycles. The molecule has 0 amide bonds. The number of benzene rings is 4. The molecule has 178 valence electrons. The molecule has 0 saturated heterocycles. The van der Waals surface area contributed by atoms with Crippen LogP contribution in [-0.4, -0.2) is 22.8 Å². The van der Waals surface area contributed by atoms with Crippen molar-refractivity contribution in [2.45, 2.75) is 45.7 Å². The average Bonchev–Trinajstić information content (AvgIpc) is 3.28. The van der Waals surface area contributed by atoms with Crippen molar-refractivity contribution >= 4 is 0 Å². The molecule has 1 aliphatic rings. The fourth-order valence-corrected chi connectivity index (χ4v) is 4.68. The summed E-state index contributed by atoms with van der Waals surface area (Å²) in [7, 11) is 0. The van der Waals surface area contributed by atoms with Crippen LogP contribution in [0.5, 0.6) is 11.5 Å². The summed E-state index contributed by atoms with van der Waals surface area (Å²) in [6.07, 6.45) is 0.337. The first-order chi connectivity index (χ1) is 17.1. The Hall–Kier alpha value is -3.60. The number of rotatable bonds is 8. The van der Waals surface area contributed by atoms with Crippen LogP contribution in [0.3, 0.4) is 0 Å². The number of aliphatic hydroxyl groups is 2. The van der Waals surface area contributed by atoms with E-state index in [4.69, 9.17) is 9.47 Å². The van der Waals surface area contributed by atoms with Crippen molar-refractivity contribution in [2.24, 2.45) is 0 Å². The fourth-order valence-electron chi connectivity index (χ4n) is 4.68. The van der Waals surface area contributed by atoms with Crippen LogP contribution in [0.1, 0.15) is 37.8 Å². The molecular weight excluding hydrogens is 436 g/mol. The van der Waals surface area contributed by atoms with Gasteiger partial charge in [0.05, 0.1) is 0 Å². The lowest BCUT2D eigenvalue weighted by Crippen LogP contribution is -2.13. The van der Waals surface area contributed by atoms with Crippen molar-refractivity contribution in [1.29, 1.82) is 0 Å². The Kier molecular flexibility index (Phi) is 6.58. The van der Waals surface area contributed by atoms with Crippen LogP contribution >= 0.6 is 0 Å². The minimum absolute atomic E-state index is 0.533. The van der Waals surface area contributed by atoms with Crippen molar-refractivity contribution in [3.05, 3.63) is 96.1 Å². The van der Waals surface area contributed by atoms with Crippen LogP contribution in [0.15, 0.2) is 84.9 Å². The molecule has 0 aliphatic heterocycles. The summed E-state index contributed by atoms with van der Waals surface area (Å²) in [5.41, 5.74) is 9.73. The van der Waals surface area contributed by atoms with Crippen LogP contribution < -0.4 is 9.47 Å². The lowest BCUT2D eigenvalue weighted by molar-refractivity contribution is -0.0195. The Labute approximate surface area is 206 Å². The maximum atomic E-state index is 9.86. The van der Waals surface area contributed by atoms with Crippen LogP contribution in [-0.2, 0) is 6.42 Å². The Morgan fingerprint density at radius 3 is 1.77 bits per heavy atom. The summed E-state index contributed by atoms with van der Waals surface area (Å²) >= 11 is 0. The van der Waals surface area contributed by atoms with Gasteiger partial charge in [0.2, 0.25) is 0 Å². The SMILES string of the molecule is CCC(O)Oc1ccc(-c2ccc3c(c2-c2ccc(OC(O)CC)cc2)Cc2ccccc2-3)cc1. The molecule has 4 aromatic rings.